The minimum atomic E-state index is -5.05. The Morgan fingerprint density at radius 3 is 2.41 bits per heavy atom. The molecule has 0 amide bonds. The number of nitrogens with zero attached hydrogens (tertiary/aromatic N) is 2. The molecule has 0 saturated carbocycles. The van der Waals surface area contributed by atoms with E-state index < -0.39 is 45.5 Å². The number of rotatable bonds is 5. The summed E-state index contributed by atoms with van der Waals surface area (Å²) in [5.74, 6) is -1.67. The molecule has 0 radical (unpaired) electrons. The number of aliphatic imine (C=N–C) groups is 1. The first-order chi connectivity index (χ1) is 15.0. The van der Waals surface area contributed by atoms with Gasteiger partial charge in [-0.1, -0.05) is 40.5 Å². The molecule has 2 N–H and O–H groups in total. The highest BCUT2D eigenvalue weighted by Gasteiger charge is 2.42. The minimum Gasteiger partial charge on any atom is -0.404 e. The molecule has 2 aromatic carbocycles. The summed E-state index contributed by atoms with van der Waals surface area (Å²) in [6, 6.07) is 8.87. The van der Waals surface area contributed by atoms with Crippen molar-refractivity contribution >= 4 is 57.0 Å². The zero-order chi connectivity index (χ0) is 23.6. The number of hydrogen-bond donors (Lipinski definition) is 1. The number of halogens is 7. The topological polar surface area (TPSA) is 81.5 Å². The van der Waals surface area contributed by atoms with E-state index in [-0.39, 0.29) is 21.3 Å². The van der Waals surface area contributed by atoms with Crippen LogP contribution >= 0.6 is 34.8 Å². The number of carbonyl (C=O) groups excluding carboxylic acids is 1. The molecule has 0 aliphatic carbocycles. The van der Waals surface area contributed by atoms with Crippen molar-refractivity contribution in [3.8, 4) is 11.3 Å². The van der Waals surface area contributed by atoms with E-state index in [1.54, 1.807) is 0 Å². The number of benzene rings is 2. The normalized spacial score (nSPS) is 12.8. The second kappa shape index (κ2) is 9.32. The largest absolute Gasteiger partial charge is 0.434 e. The first kappa shape index (κ1) is 23.8. The minimum absolute atomic E-state index is 0.138. The lowest BCUT2D eigenvalue weighted by atomic mass is 10.00. The predicted molar refractivity (Wildman–Crippen MR) is 114 cm³/mol. The van der Waals surface area contributed by atoms with Crippen molar-refractivity contribution in [3.05, 3.63) is 75.9 Å². The molecule has 12 heteroatoms. The summed E-state index contributed by atoms with van der Waals surface area (Å²) < 4.78 is 61.0. The highest BCUT2D eigenvalue weighted by atomic mass is 35.5. The van der Waals surface area contributed by atoms with Crippen LogP contribution in [0.1, 0.15) is 16.1 Å². The van der Waals surface area contributed by atoms with E-state index in [9.17, 15) is 22.4 Å². The van der Waals surface area contributed by atoms with Crippen LogP contribution in [0.2, 0.25) is 10.0 Å². The standard InChI is InChI=1S/C20H10Cl3F4N3O2/c21-9-3-1-4-10(7-9)29-18(20(25,26)27)11(8-28)17-15(19(23)31)16(30-32-17)14-12(22)5-2-6-13(14)24/h1-8H,28H2. The van der Waals surface area contributed by atoms with Crippen LogP contribution in [-0.4, -0.2) is 22.3 Å². The Bertz CT molecular complexity index is 1230. The van der Waals surface area contributed by atoms with Crippen LogP contribution in [-0.2, 0) is 0 Å². The number of hydrogen-bond acceptors (Lipinski definition) is 5. The number of carbonyl (C=O) groups is 1. The number of allylic oxidation sites excluding steroid dienone is 1. The molecule has 166 valence electrons. The molecule has 3 aromatic rings. The Labute approximate surface area is 193 Å². The summed E-state index contributed by atoms with van der Waals surface area (Å²) in [5, 5.41) is 2.22. The van der Waals surface area contributed by atoms with Crippen molar-refractivity contribution in [2.24, 2.45) is 10.7 Å². The van der Waals surface area contributed by atoms with Crippen LogP contribution in [0.25, 0.3) is 16.8 Å². The first-order valence-corrected chi connectivity index (χ1v) is 9.66. The lowest BCUT2D eigenvalue weighted by Crippen LogP contribution is -2.25. The average molecular weight is 507 g/mol. The molecule has 0 aliphatic rings. The molecule has 0 bridgehead atoms. The third-order valence-electron chi connectivity index (χ3n) is 4.07. The fourth-order valence-corrected chi connectivity index (χ4v) is 3.38. The molecule has 32 heavy (non-hydrogen) atoms. The molecule has 0 saturated heterocycles. The van der Waals surface area contributed by atoms with Gasteiger partial charge in [0, 0.05) is 11.2 Å². The van der Waals surface area contributed by atoms with Crippen LogP contribution in [0.5, 0.6) is 0 Å². The summed E-state index contributed by atoms with van der Waals surface area (Å²) in [4.78, 5) is 15.7. The summed E-state index contributed by atoms with van der Waals surface area (Å²) in [5.41, 5.74) is 1.37. The number of aromatic nitrogens is 1. The van der Waals surface area contributed by atoms with Gasteiger partial charge in [-0.05, 0) is 41.9 Å². The summed E-state index contributed by atoms with van der Waals surface area (Å²) in [6.07, 6.45) is -4.53. The van der Waals surface area contributed by atoms with Crippen molar-refractivity contribution in [2.75, 3.05) is 0 Å². The third-order valence-corrected chi connectivity index (χ3v) is 4.81. The van der Waals surface area contributed by atoms with E-state index in [4.69, 9.17) is 45.1 Å². The molecular weight excluding hydrogens is 497 g/mol. The van der Waals surface area contributed by atoms with Crippen molar-refractivity contribution in [1.29, 1.82) is 0 Å². The van der Waals surface area contributed by atoms with Crippen LogP contribution in [0.4, 0.5) is 23.2 Å². The van der Waals surface area contributed by atoms with Crippen LogP contribution < -0.4 is 5.73 Å². The van der Waals surface area contributed by atoms with Gasteiger partial charge in [0.1, 0.15) is 17.1 Å². The molecule has 5 nitrogen and oxygen atoms in total. The van der Waals surface area contributed by atoms with E-state index in [0.717, 1.165) is 6.07 Å². The van der Waals surface area contributed by atoms with Gasteiger partial charge in [0.15, 0.2) is 11.5 Å². The Morgan fingerprint density at radius 2 is 1.84 bits per heavy atom. The molecule has 0 unspecified atom stereocenters. The number of alkyl halides is 3. The second-order valence-electron chi connectivity index (χ2n) is 6.12. The van der Waals surface area contributed by atoms with Gasteiger partial charge in [-0.25, -0.2) is 9.38 Å². The maximum absolute atomic E-state index is 14.4. The zero-order valence-corrected chi connectivity index (χ0v) is 17.8. The van der Waals surface area contributed by atoms with E-state index >= 15 is 0 Å². The Hall–Kier alpha value is -2.88. The summed E-state index contributed by atoms with van der Waals surface area (Å²) in [6.45, 7) is 0. The van der Waals surface area contributed by atoms with E-state index in [0.29, 0.717) is 6.20 Å². The van der Waals surface area contributed by atoms with Gasteiger partial charge in [-0.15, -0.1) is 0 Å². The molecule has 3 rings (SSSR count). The monoisotopic (exact) mass is 505 g/mol. The van der Waals surface area contributed by atoms with Gasteiger partial charge in [0.25, 0.3) is 5.24 Å². The van der Waals surface area contributed by atoms with Crippen molar-refractivity contribution in [2.45, 2.75) is 6.18 Å². The van der Waals surface area contributed by atoms with Crippen LogP contribution in [0, 0.1) is 5.82 Å². The maximum Gasteiger partial charge on any atom is 0.434 e. The molecule has 1 heterocycles. The van der Waals surface area contributed by atoms with Gasteiger partial charge in [0.05, 0.1) is 21.8 Å². The van der Waals surface area contributed by atoms with Gasteiger partial charge in [-0.3, -0.25) is 4.79 Å². The fraction of sp³-hybridized carbons (Fsp3) is 0.0500. The quantitative estimate of drug-likeness (QED) is 0.234. The lowest BCUT2D eigenvalue weighted by Gasteiger charge is -2.13. The Balaban J connectivity index is 2.27. The Kier molecular flexibility index (Phi) is 6.92. The lowest BCUT2D eigenvalue weighted by molar-refractivity contribution is -0.0571. The Morgan fingerprint density at radius 1 is 1.16 bits per heavy atom. The fourth-order valence-electron chi connectivity index (χ4n) is 2.76. The SMILES string of the molecule is NC=C(C(=Nc1cccc(Cl)c1)C(F)(F)F)c1onc(-c2c(F)cccc2Cl)c1C(=O)Cl. The molecule has 0 atom stereocenters. The van der Waals surface area contributed by atoms with Gasteiger partial charge >= 0.3 is 6.18 Å². The second-order valence-corrected chi connectivity index (χ2v) is 7.31. The van der Waals surface area contributed by atoms with E-state index in [2.05, 4.69) is 10.1 Å². The van der Waals surface area contributed by atoms with Crippen molar-refractivity contribution in [1.82, 2.24) is 5.16 Å². The highest BCUT2D eigenvalue weighted by molar-refractivity contribution is 6.68. The van der Waals surface area contributed by atoms with E-state index in [1.807, 2.05) is 0 Å². The van der Waals surface area contributed by atoms with Gasteiger partial charge < -0.3 is 10.3 Å². The zero-order valence-electron chi connectivity index (χ0n) is 15.6. The molecule has 0 fully saturated rings. The number of nitrogens with two attached hydrogens (primary N) is 1. The summed E-state index contributed by atoms with van der Waals surface area (Å²) in [7, 11) is 0. The third kappa shape index (κ3) is 4.79. The average Bonchev–Trinajstić information content (AvgIpc) is 3.12. The van der Waals surface area contributed by atoms with Crippen LogP contribution in [0.3, 0.4) is 0 Å². The predicted octanol–water partition coefficient (Wildman–Crippen LogP) is 6.80. The van der Waals surface area contributed by atoms with Gasteiger partial charge in [-0.2, -0.15) is 13.2 Å². The molecule has 0 spiro atoms. The molecular formula is C20H10Cl3F4N3O2. The van der Waals surface area contributed by atoms with Crippen molar-refractivity contribution < 1.29 is 26.9 Å². The van der Waals surface area contributed by atoms with Gasteiger partial charge in [0.2, 0.25) is 0 Å². The maximum atomic E-state index is 14.4. The first-order valence-electron chi connectivity index (χ1n) is 8.52. The summed E-state index contributed by atoms with van der Waals surface area (Å²) >= 11 is 17.4. The van der Waals surface area contributed by atoms with Crippen molar-refractivity contribution in [3.63, 3.8) is 0 Å². The smallest absolute Gasteiger partial charge is 0.404 e. The molecule has 1 aromatic heterocycles. The van der Waals surface area contributed by atoms with Crippen LogP contribution in [0.15, 0.2) is 58.2 Å². The highest BCUT2D eigenvalue weighted by Crippen LogP contribution is 2.39. The van der Waals surface area contributed by atoms with E-state index in [1.165, 1.54) is 36.4 Å². The molecule has 0 aliphatic heterocycles.